The van der Waals surface area contributed by atoms with Gasteiger partial charge in [0.25, 0.3) is 0 Å². The summed E-state index contributed by atoms with van der Waals surface area (Å²) in [6.07, 6.45) is 1.36. The topological polar surface area (TPSA) is 118 Å². The Kier molecular flexibility index (Phi) is 8.02. The first kappa shape index (κ1) is 27.6. The molecule has 4 rings (SSSR count). The molecular weight excluding hydrogens is 557 g/mol. The first-order valence-electron chi connectivity index (χ1n) is 11.6. The maximum atomic E-state index is 12.9. The molecule has 196 valence electrons. The van der Waals surface area contributed by atoms with Crippen molar-refractivity contribution in [3.8, 4) is 11.1 Å². The number of nitrogens with one attached hydrogen (secondary N) is 1. The van der Waals surface area contributed by atoms with Gasteiger partial charge in [-0.05, 0) is 60.4 Å². The number of carbonyl (C=O) groups is 1. The van der Waals surface area contributed by atoms with E-state index in [-0.39, 0.29) is 30.8 Å². The second-order valence-electron chi connectivity index (χ2n) is 8.78. The Labute approximate surface area is 226 Å². The zero-order chi connectivity index (χ0) is 27.0. The van der Waals surface area contributed by atoms with Crippen molar-refractivity contribution in [2.45, 2.75) is 40.7 Å². The lowest BCUT2D eigenvalue weighted by Gasteiger charge is -2.17. The molecule has 0 bridgehead atoms. The van der Waals surface area contributed by atoms with Gasteiger partial charge in [-0.25, -0.2) is 16.8 Å². The van der Waals surface area contributed by atoms with Gasteiger partial charge in [-0.1, -0.05) is 54.4 Å². The molecule has 0 spiro atoms. The SMILES string of the molecule is CCS(=O)(=O)c1ccc(C(CO)C(=O)Nc2cc(Cl)c(-c3ccc(S(=O)(=O)C4CC4)cc3)c(Cl)c2)cc1. The number of aliphatic hydroxyl groups is 1. The summed E-state index contributed by atoms with van der Waals surface area (Å²) >= 11 is 13.0. The average Bonchev–Trinajstić information content (AvgIpc) is 3.71. The van der Waals surface area contributed by atoms with Crippen molar-refractivity contribution in [3.63, 3.8) is 0 Å². The standard InChI is InChI=1S/C26H25Cl2NO6S2/c1-2-36(32,33)19-7-3-16(4-8-19)22(15-30)26(31)29-18-13-23(27)25(24(28)14-18)17-5-9-20(10-6-17)37(34,35)21-11-12-21/h3-10,13-14,21-22,30H,2,11-12,15H2,1H3,(H,29,31). The molecule has 1 fully saturated rings. The van der Waals surface area contributed by atoms with Crippen LogP contribution in [-0.2, 0) is 24.5 Å². The summed E-state index contributed by atoms with van der Waals surface area (Å²) in [6.45, 7) is 1.05. The minimum absolute atomic E-state index is 0.0442. The molecule has 1 saturated carbocycles. The second kappa shape index (κ2) is 10.7. The number of hydrogen-bond acceptors (Lipinski definition) is 6. The van der Waals surface area contributed by atoms with E-state index in [0.717, 1.165) is 0 Å². The maximum absolute atomic E-state index is 12.9. The van der Waals surface area contributed by atoms with Crippen LogP contribution >= 0.6 is 23.2 Å². The van der Waals surface area contributed by atoms with Gasteiger partial charge in [-0.3, -0.25) is 4.79 Å². The van der Waals surface area contributed by atoms with Gasteiger partial charge in [0.2, 0.25) is 5.91 Å². The predicted octanol–water partition coefficient (Wildman–Crippen LogP) is 5.10. The lowest BCUT2D eigenvalue weighted by Crippen LogP contribution is -2.24. The van der Waals surface area contributed by atoms with E-state index in [1.807, 2.05) is 0 Å². The molecule has 37 heavy (non-hydrogen) atoms. The van der Waals surface area contributed by atoms with E-state index >= 15 is 0 Å². The molecular formula is C26H25Cl2NO6S2. The predicted molar refractivity (Wildman–Crippen MR) is 145 cm³/mol. The highest BCUT2D eigenvalue weighted by atomic mass is 35.5. The van der Waals surface area contributed by atoms with Gasteiger partial charge in [0.05, 0.1) is 43.4 Å². The molecule has 7 nitrogen and oxygen atoms in total. The second-order valence-corrected chi connectivity index (χ2v) is 14.1. The van der Waals surface area contributed by atoms with Crippen LogP contribution in [-0.4, -0.2) is 45.5 Å². The van der Waals surface area contributed by atoms with E-state index in [1.54, 1.807) is 19.1 Å². The lowest BCUT2D eigenvalue weighted by molar-refractivity contribution is -0.118. The minimum atomic E-state index is -3.39. The molecule has 1 aliphatic rings. The van der Waals surface area contributed by atoms with Crippen LogP contribution in [0, 0.1) is 0 Å². The molecule has 0 heterocycles. The molecule has 2 N–H and O–H groups in total. The zero-order valence-electron chi connectivity index (χ0n) is 19.8. The highest BCUT2D eigenvalue weighted by Gasteiger charge is 2.36. The summed E-state index contributed by atoms with van der Waals surface area (Å²) < 4.78 is 48.9. The molecule has 3 aromatic rings. The number of benzene rings is 3. The Hall–Kier alpha value is -2.43. The minimum Gasteiger partial charge on any atom is -0.395 e. The fraction of sp³-hybridized carbons (Fsp3) is 0.269. The van der Waals surface area contributed by atoms with Crippen molar-refractivity contribution in [1.82, 2.24) is 0 Å². The number of rotatable bonds is 9. The fourth-order valence-corrected chi connectivity index (χ4v) is 7.19. The number of hydrogen-bond donors (Lipinski definition) is 2. The van der Waals surface area contributed by atoms with E-state index in [9.17, 15) is 26.7 Å². The third-order valence-electron chi connectivity index (χ3n) is 6.27. The Balaban J connectivity index is 1.53. The van der Waals surface area contributed by atoms with Gasteiger partial charge in [-0.15, -0.1) is 0 Å². The lowest BCUT2D eigenvalue weighted by atomic mass is 9.99. The van der Waals surface area contributed by atoms with E-state index in [4.69, 9.17) is 23.2 Å². The summed E-state index contributed by atoms with van der Waals surface area (Å²) in [5.74, 6) is -1.52. The van der Waals surface area contributed by atoms with Crippen LogP contribution in [0.25, 0.3) is 11.1 Å². The van der Waals surface area contributed by atoms with Crippen molar-refractivity contribution in [1.29, 1.82) is 0 Å². The molecule has 0 saturated heterocycles. The summed E-state index contributed by atoms with van der Waals surface area (Å²) in [5, 5.41) is 12.7. The zero-order valence-corrected chi connectivity index (χ0v) is 23.0. The number of amides is 1. The molecule has 0 aromatic heterocycles. The van der Waals surface area contributed by atoms with Gasteiger partial charge in [0.15, 0.2) is 19.7 Å². The van der Waals surface area contributed by atoms with Crippen LogP contribution in [0.4, 0.5) is 5.69 Å². The first-order chi connectivity index (χ1) is 17.5. The van der Waals surface area contributed by atoms with Crippen molar-refractivity contribution in [2.75, 3.05) is 17.7 Å². The van der Waals surface area contributed by atoms with Gasteiger partial charge in [-0.2, -0.15) is 0 Å². The van der Waals surface area contributed by atoms with E-state index in [1.165, 1.54) is 48.5 Å². The van der Waals surface area contributed by atoms with Crippen LogP contribution in [0.3, 0.4) is 0 Å². The van der Waals surface area contributed by atoms with Crippen LogP contribution < -0.4 is 5.32 Å². The first-order valence-corrected chi connectivity index (χ1v) is 15.5. The largest absolute Gasteiger partial charge is 0.395 e. The smallest absolute Gasteiger partial charge is 0.234 e. The molecule has 1 aliphatic carbocycles. The highest BCUT2D eigenvalue weighted by Crippen LogP contribution is 2.39. The molecule has 1 amide bonds. The quantitative estimate of drug-likeness (QED) is 0.363. The van der Waals surface area contributed by atoms with Gasteiger partial charge >= 0.3 is 0 Å². The Morgan fingerprint density at radius 2 is 1.49 bits per heavy atom. The summed E-state index contributed by atoms with van der Waals surface area (Å²) in [4.78, 5) is 13.3. The number of carbonyl (C=O) groups excluding carboxylic acids is 1. The van der Waals surface area contributed by atoms with Gasteiger partial charge in [0.1, 0.15) is 0 Å². The molecule has 11 heteroatoms. The molecule has 3 aromatic carbocycles. The van der Waals surface area contributed by atoms with E-state index in [0.29, 0.717) is 35.2 Å². The third kappa shape index (κ3) is 5.86. The number of sulfone groups is 2. The van der Waals surface area contributed by atoms with E-state index < -0.39 is 38.1 Å². The highest BCUT2D eigenvalue weighted by molar-refractivity contribution is 7.92. The Morgan fingerprint density at radius 1 is 0.946 bits per heavy atom. The summed E-state index contributed by atoms with van der Waals surface area (Å²) in [5.41, 5.74) is 1.87. The summed E-state index contributed by atoms with van der Waals surface area (Å²) in [6, 6.07) is 15.2. The van der Waals surface area contributed by atoms with Crippen LogP contribution in [0.2, 0.25) is 10.0 Å². The average molecular weight is 583 g/mol. The molecule has 0 aliphatic heterocycles. The Bertz CT molecular complexity index is 1510. The monoisotopic (exact) mass is 581 g/mol. The van der Waals surface area contributed by atoms with Crippen LogP contribution in [0.5, 0.6) is 0 Å². The van der Waals surface area contributed by atoms with Crippen LogP contribution in [0.1, 0.15) is 31.2 Å². The van der Waals surface area contributed by atoms with Gasteiger partial charge in [0, 0.05) is 11.3 Å². The van der Waals surface area contributed by atoms with Crippen molar-refractivity contribution >= 4 is 54.5 Å². The fourth-order valence-electron chi connectivity index (χ4n) is 3.95. The number of halogens is 2. The number of aliphatic hydroxyl groups excluding tert-OH is 1. The normalized spacial score (nSPS) is 14.8. The maximum Gasteiger partial charge on any atom is 0.234 e. The van der Waals surface area contributed by atoms with Crippen molar-refractivity contribution < 1.29 is 26.7 Å². The third-order valence-corrected chi connectivity index (χ3v) is 10.9. The molecule has 0 radical (unpaired) electrons. The number of anilines is 1. The molecule has 1 unspecified atom stereocenters. The Morgan fingerprint density at radius 3 is 1.97 bits per heavy atom. The van der Waals surface area contributed by atoms with Crippen molar-refractivity contribution in [3.05, 3.63) is 76.3 Å². The van der Waals surface area contributed by atoms with Crippen LogP contribution in [0.15, 0.2) is 70.5 Å². The summed E-state index contributed by atoms with van der Waals surface area (Å²) in [7, 11) is -6.70. The van der Waals surface area contributed by atoms with Gasteiger partial charge < -0.3 is 10.4 Å². The van der Waals surface area contributed by atoms with E-state index in [2.05, 4.69) is 5.32 Å². The molecule has 1 atom stereocenters. The van der Waals surface area contributed by atoms with Crippen molar-refractivity contribution in [2.24, 2.45) is 0 Å².